The predicted molar refractivity (Wildman–Crippen MR) is 58.9 cm³/mol. The minimum atomic E-state index is 0.397. The molecule has 1 aromatic rings. The van der Waals surface area contributed by atoms with Gasteiger partial charge >= 0.3 is 0 Å². The summed E-state index contributed by atoms with van der Waals surface area (Å²) in [5, 5.41) is 0. The molecule has 1 aromatic carbocycles. The van der Waals surface area contributed by atoms with E-state index in [1.165, 1.54) is 21.2 Å². The summed E-state index contributed by atoms with van der Waals surface area (Å²) in [7, 11) is 0. The molecule has 0 aliphatic heterocycles. The Kier molecular flexibility index (Phi) is 2.20. The van der Waals surface area contributed by atoms with Crippen molar-refractivity contribution in [1.29, 1.82) is 0 Å². The third-order valence-corrected chi connectivity index (χ3v) is 4.08. The highest BCUT2D eigenvalue weighted by molar-refractivity contribution is 9.10. The number of halogens is 1. The molecular formula is C11H14BrN. The Morgan fingerprint density at radius 1 is 1.38 bits per heavy atom. The molecule has 1 aliphatic rings. The van der Waals surface area contributed by atoms with Crippen molar-refractivity contribution in [3.8, 4) is 0 Å². The average molecular weight is 240 g/mol. The summed E-state index contributed by atoms with van der Waals surface area (Å²) < 4.78 is 1.24. The lowest BCUT2D eigenvalue weighted by molar-refractivity contribution is 0.976. The van der Waals surface area contributed by atoms with Crippen LogP contribution < -0.4 is 5.73 Å². The molecule has 0 radical (unpaired) electrons. The van der Waals surface area contributed by atoms with Crippen LogP contribution in [0.5, 0.6) is 0 Å². The molecule has 0 amide bonds. The molecule has 2 heteroatoms. The van der Waals surface area contributed by atoms with Gasteiger partial charge in [-0.2, -0.15) is 0 Å². The van der Waals surface area contributed by atoms with Crippen molar-refractivity contribution in [2.45, 2.75) is 32.2 Å². The van der Waals surface area contributed by atoms with Crippen LogP contribution in [0.2, 0.25) is 0 Å². The molecule has 1 saturated carbocycles. The maximum atomic E-state index is 5.84. The molecule has 0 aromatic heterocycles. The maximum Gasteiger partial charge on any atom is 0.0236 e. The fourth-order valence-corrected chi connectivity index (χ4v) is 2.17. The number of nitrogens with two attached hydrogens (primary N) is 1. The van der Waals surface area contributed by atoms with E-state index in [2.05, 4.69) is 41.9 Å². The highest BCUT2D eigenvalue weighted by atomic mass is 79.9. The van der Waals surface area contributed by atoms with E-state index in [-0.39, 0.29) is 0 Å². The highest BCUT2D eigenvalue weighted by Gasteiger charge is 2.36. The smallest absolute Gasteiger partial charge is 0.0236 e. The fraction of sp³-hybridized carbons (Fsp3) is 0.455. The molecule has 0 heterocycles. The van der Waals surface area contributed by atoms with E-state index in [0.717, 1.165) is 6.42 Å². The first-order valence-corrected chi connectivity index (χ1v) is 5.41. The van der Waals surface area contributed by atoms with Gasteiger partial charge in [-0.15, -0.1) is 0 Å². The minimum Gasteiger partial charge on any atom is -0.327 e. The van der Waals surface area contributed by atoms with Crippen LogP contribution in [-0.2, 0) is 0 Å². The SMILES string of the molecule is Cc1ccc([C@@H]2C[C@H]2N)c(C)c1Br. The highest BCUT2D eigenvalue weighted by Crippen LogP contribution is 2.42. The molecule has 1 aliphatic carbocycles. The van der Waals surface area contributed by atoms with Gasteiger partial charge in [0.25, 0.3) is 0 Å². The molecule has 1 fully saturated rings. The standard InChI is InChI=1S/C11H14BrN/c1-6-3-4-8(7(2)11(6)12)9-5-10(9)13/h3-4,9-10H,5,13H2,1-2H3/t9-,10+/m0/s1. The first kappa shape index (κ1) is 9.22. The molecule has 0 bridgehead atoms. The van der Waals surface area contributed by atoms with Crippen LogP contribution in [-0.4, -0.2) is 6.04 Å². The number of aryl methyl sites for hydroxylation is 1. The molecule has 13 heavy (non-hydrogen) atoms. The molecule has 2 N–H and O–H groups in total. The van der Waals surface area contributed by atoms with Crippen LogP contribution in [0.3, 0.4) is 0 Å². The first-order valence-electron chi connectivity index (χ1n) is 4.62. The summed E-state index contributed by atoms with van der Waals surface area (Å²) in [6, 6.07) is 4.78. The van der Waals surface area contributed by atoms with Crippen molar-refractivity contribution in [2.24, 2.45) is 5.73 Å². The Morgan fingerprint density at radius 3 is 2.54 bits per heavy atom. The van der Waals surface area contributed by atoms with Crippen LogP contribution in [0.25, 0.3) is 0 Å². The van der Waals surface area contributed by atoms with Crippen molar-refractivity contribution in [1.82, 2.24) is 0 Å². The van der Waals surface area contributed by atoms with Crippen LogP contribution in [0.1, 0.15) is 29.0 Å². The summed E-state index contributed by atoms with van der Waals surface area (Å²) >= 11 is 3.61. The predicted octanol–water partition coefficient (Wildman–Crippen LogP) is 2.88. The van der Waals surface area contributed by atoms with Gasteiger partial charge in [-0.3, -0.25) is 0 Å². The van der Waals surface area contributed by atoms with E-state index in [4.69, 9.17) is 5.73 Å². The van der Waals surface area contributed by atoms with Gasteiger partial charge in [-0.25, -0.2) is 0 Å². The molecule has 0 unspecified atom stereocenters. The quantitative estimate of drug-likeness (QED) is 0.802. The van der Waals surface area contributed by atoms with Crippen molar-refractivity contribution < 1.29 is 0 Å². The average Bonchev–Trinajstić information content (AvgIpc) is 2.79. The van der Waals surface area contributed by atoms with Crippen LogP contribution >= 0.6 is 15.9 Å². The van der Waals surface area contributed by atoms with Gasteiger partial charge in [-0.05, 0) is 37.0 Å². The molecule has 2 atom stereocenters. The summed E-state index contributed by atoms with van der Waals surface area (Å²) in [5.74, 6) is 0.608. The summed E-state index contributed by atoms with van der Waals surface area (Å²) in [6.45, 7) is 4.28. The summed E-state index contributed by atoms with van der Waals surface area (Å²) in [5.41, 5.74) is 9.92. The van der Waals surface area contributed by atoms with Crippen LogP contribution in [0, 0.1) is 13.8 Å². The Labute approximate surface area is 87.5 Å². The number of benzene rings is 1. The maximum absolute atomic E-state index is 5.84. The van der Waals surface area contributed by atoms with Gasteiger partial charge in [0.05, 0.1) is 0 Å². The zero-order valence-corrected chi connectivity index (χ0v) is 9.56. The lowest BCUT2D eigenvalue weighted by Gasteiger charge is -2.08. The van der Waals surface area contributed by atoms with Crippen molar-refractivity contribution in [3.63, 3.8) is 0 Å². The lowest BCUT2D eigenvalue weighted by Crippen LogP contribution is -2.02. The van der Waals surface area contributed by atoms with E-state index >= 15 is 0 Å². The molecule has 0 saturated heterocycles. The van der Waals surface area contributed by atoms with E-state index in [1.807, 2.05) is 0 Å². The number of hydrogen-bond donors (Lipinski definition) is 1. The first-order chi connectivity index (χ1) is 6.11. The van der Waals surface area contributed by atoms with Gasteiger partial charge < -0.3 is 5.73 Å². The molecular weight excluding hydrogens is 226 g/mol. The van der Waals surface area contributed by atoms with Crippen LogP contribution in [0.4, 0.5) is 0 Å². The number of rotatable bonds is 1. The van der Waals surface area contributed by atoms with Crippen molar-refractivity contribution in [3.05, 3.63) is 33.3 Å². The minimum absolute atomic E-state index is 0.397. The second-order valence-electron chi connectivity index (χ2n) is 3.92. The number of hydrogen-bond acceptors (Lipinski definition) is 1. The largest absolute Gasteiger partial charge is 0.327 e. The second kappa shape index (κ2) is 3.10. The zero-order valence-electron chi connectivity index (χ0n) is 7.97. The Bertz CT molecular complexity index is 346. The molecule has 0 spiro atoms. The van der Waals surface area contributed by atoms with E-state index in [9.17, 15) is 0 Å². The van der Waals surface area contributed by atoms with E-state index in [0.29, 0.717) is 12.0 Å². The van der Waals surface area contributed by atoms with Crippen molar-refractivity contribution in [2.75, 3.05) is 0 Å². The Morgan fingerprint density at radius 2 is 2.00 bits per heavy atom. The monoisotopic (exact) mass is 239 g/mol. The fourth-order valence-electron chi connectivity index (χ4n) is 1.81. The normalized spacial score (nSPS) is 26.2. The third-order valence-electron chi connectivity index (χ3n) is 2.86. The van der Waals surface area contributed by atoms with E-state index in [1.54, 1.807) is 0 Å². The van der Waals surface area contributed by atoms with E-state index < -0.39 is 0 Å². The zero-order chi connectivity index (χ0) is 9.59. The molecule has 1 nitrogen and oxygen atoms in total. The molecule has 2 rings (SSSR count). The van der Waals surface area contributed by atoms with Gasteiger partial charge in [0.1, 0.15) is 0 Å². The third kappa shape index (κ3) is 1.53. The summed E-state index contributed by atoms with van der Waals surface area (Å²) in [4.78, 5) is 0. The van der Waals surface area contributed by atoms with Gasteiger partial charge in [0.15, 0.2) is 0 Å². The van der Waals surface area contributed by atoms with Gasteiger partial charge in [0, 0.05) is 16.4 Å². The second-order valence-corrected chi connectivity index (χ2v) is 4.71. The summed E-state index contributed by atoms with van der Waals surface area (Å²) in [6.07, 6.45) is 1.15. The topological polar surface area (TPSA) is 26.0 Å². The van der Waals surface area contributed by atoms with Gasteiger partial charge in [0.2, 0.25) is 0 Å². The Balaban J connectivity index is 2.43. The Hall–Kier alpha value is -0.340. The van der Waals surface area contributed by atoms with Gasteiger partial charge in [-0.1, -0.05) is 28.1 Å². The van der Waals surface area contributed by atoms with Crippen molar-refractivity contribution >= 4 is 15.9 Å². The molecule has 70 valence electrons. The van der Waals surface area contributed by atoms with Crippen LogP contribution in [0.15, 0.2) is 16.6 Å². The lowest BCUT2D eigenvalue weighted by atomic mass is 10.0.